The van der Waals surface area contributed by atoms with E-state index in [9.17, 15) is 0 Å². The van der Waals surface area contributed by atoms with Gasteiger partial charge in [-0.2, -0.15) is 0 Å². The van der Waals surface area contributed by atoms with Gasteiger partial charge in [0.25, 0.3) is 0 Å². The summed E-state index contributed by atoms with van der Waals surface area (Å²) in [5, 5.41) is 0. The maximum atomic E-state index is 5.64. The van der Waals surface area contributed by atoms with E-state index in [1.807, 2.05) is 12.1 Å². The molecule has 0 bridgehead atoms. The lowest BCUT2D eigenvalue weighted by Gasteiger charge is -2.09. The molecule has 0 aliphatic heterocycles. The number of hydrogen-bond acceptors (Lipinski definition) is 2. The molecule has 0 aliphatic carbocycles. The number of aryl methyl sites for hydroxylation is 1. The third-order valence-electron chi connectivity index (χ3n) is 2.23. The van der Waals surface area contributed by atoms with E-state index in [1.54, 1.807) is 0 Å². The highest BCUT2D eigenvalue weighted by Crippen LogP contribution is 2.19. The monoisotopic (exact) mass is 193 g/mol. The van der Waals surface area contributed by atoms with E-state index < -0.39 is 0 Å². The van der Waals surface area contributed by atoms with Crippen molar-refractivity contribution in [3.05, 3.63) is 29.3 Å². The van der Waals surface area contributed by atoms with Crippen molar-refractivity contribution in [2.45, 2.75) is 33.2 Å². The summed E-state index contributed by atoms with van der Waals surface area (Å²) in [7, 11) is 0. The summed E-state index contributed by atoms with van der Waals surface area (Å²) in [6.07, 6.45) is 2.28. The van der Waals surface area contributed by atoms with E-state index in [-0.39, 0.29) is 0 Å². The molecule has 2 nitrogen and oxygen atoms in total. The van der Waals surface area contributed by atoms with Crippen LogP contribution in [0.3, 0.4) is 0 Å². The quantitative estimate of drug-likeness (QED) is 0.730. The number of ether oxygens (including phenoxy) is 1. The molecule has 0 aliphatic rings. The van der Waals surface area contributed by atoms with Crippen molar-refractivity contribution in [3.63, 3.8) is 0 Å². The Hall–Kier alpha value is -1.02. The molecule has 2 N–H and O–H groups in total. The van der Waals surface area contributed by atoms with E-state index in [2.05, 4.69) is 19.9 Å². The molecule has 0 spiro atoms. The minimum atomic E-state index is 0.593. The Morgan fingerprint density at radius 2 is 2.14 bits per heavy atom. The van der Waals surface area contributed by atoms with Gasteiger partial charge in [-0.25, -0.2) is 0 Å². The normalized spacial score (nSPS) is 10.2. The zero-order valence-corrected chi connectivity index (χ0v) is 9.05. The minimum Gasteiger partial charge on any atom is -0.493 e. The lowest BCUT2D eigenvalue weighted by atomic mass is 10.1. The SMILES string of the molecule is CCCCOc1ccc(CN)cc1C. The molecular formula is C12H19NO. The van der Waals surface area contributed by atoms with Crippen LogP contribution in [0.1, 0.15) is 30.9 Å². The molecule has 0 unspecified atom stereocenters. The first-order chi connectivity index (χ1) is 6.77. The lowest BCUT2D eigenvalue weighted by Crippen LogP contribution is -2.00. The van der Waals surface area contributed by atoms with Crippen LogP contribution >= 0.6 is 0 Å². The summed E-state index contributed by atoms with van der Waals surface area (Å²) >= 11 is 0. The van der Waals surface area contributed by atoms with Gasteiger partial charge in [0.05, 0.1) is 6.61 Å². The van der Waals surface area contributed by atoms with Crippen molar-refractivity contribution in [2.75, 3.05) is 6.61 Å². The number of unbranched alkanes of at least 4 members (excludes halogenated alkanes) is 1. The van der Waals surface area contributed by atoms with Crippen LogP contribution in [0.4, 0.5) is 0 Å². The lowest BCUT2D eigenvalue weighted by molar-refractivity contribution is 0.307. The molecule has 1 aromatic carbocycles. The van der Waals surface area contributed by atoms with Crippen LogP contribution in [0.25, 0.3) is 0 Å². The van der Waals surface area contributed by atoms with Crippen LogP contribution in [0, 0.1) is 6.92 Å². The maximum Gasteiger partial charge on any atom is 0.122 e. The molecular weight excluding hydrogens is 174 g/mol. The Kier molecular flexibility index (Phi) is 4.47. The van der Waals surface area contributed by atoms with Crippen LogP contribution in [0.5, 0.6) is 5.75 Å². The maximum absolute atomic E-state index is 5.64. The molecule has 0 aromatic heterocycles. The largest absolute Gasteiger partial charge is 0.493 e. The summed E-state index contributed by atoms with van der Waals surface area (Å²) in [6, 6.07) is 6.11. The number of rotatable bonds is 5. The Bertz CT molecular complexity index is 284. The van der Waals surface area contributed by atoms with Crippen LogP contribution in [-0.4, -0.2) is 6.61 Å². The van der Waals surface area contributed by atoms with Gasteiger partial charge in [-0.3, -0.25) is 0 Å². The molecule has 1 aromatic rings. The van der Waals surface area contributed by atoms with E-state index in [0.717, 1.165) is 24.3 Å². The highest BCUT2D eigenvalue weighted by Gasteiger charge is 1.99. The molecule has 0 atom stereocenters. The molecule has 2 heteroatoms. The van der Waals surface area contributed by atoms with E-state index in [4.69, 9.17) is 10.5 Å². The molecule has 0 fully saturated rings. The Morgan fingerprint density at radius 3 is 2.71 bits per heavy atom. The molecule has 0 saturated carbocycles. The first kappa shape index (κ1) is 11.1. The summed E-state index contributed by atoms with van der Waals surface area (Å²) in [4.78, 5) is 0. The topological polar surface area (TPSA) is 35.2 Å². The van der Waals surface area contributed by atoms with Gasteiger partial charge in [0, 0.05) is 6.54 Å². The number of benzene rings is 1. The van der Waals surface area contributed by atoms with Gasteiger partial charge < -0.3 is 10.5 Å². The van der Waals surface area contributed by atoms with Crippen LogP contribution < -0.4 is 10.5 Å². The highest BCUT2D eigenvalue weighted by atomic mass is 16.5. The fourth-order valence-electron chi connectivity index (χ4n) is 1.33. The van der Waals surface area contributed by atoms with Gasteiger partial charge >= 0.3 is 0 Å². The smallest absolute Gasteiger partial charge is 0.122 e. The average molecular weight is 193 g/mol. The zero-order valence-electron chi connectivity index (χ0n) is 9.05. The van der Waals surface area contributed by atoms with Gasteiger partial charge in [-0.05, 0) is 30.5 Å². The third kappa shape index (κ3) is 3.04. The zero-order chi connectivity index (χ0) is 10.4. The molecule has 0 saturated heterocycles. The minimum absolute atomic E-state index is 0.593. The summed E-state index contributed by atoms with van der Waals surface area (Å²) in [6.45, 7) is 5.61. The van der Waals surface area contributed by atoms with Crippen molar-refractivity contribution >= 4 is 0 Å². The fourth-order valence-corrected chi connectivity index (χ4v) is 1.33. The van der Waals surface area contributed by atoms with E-state index >= 15 is 0 Å². The second-order valence-corrected chi connectivity index (χ2v) is 3.51. The van der Waals surface area contributed by atoms with E-state index in [1.165, 1.54) is 12.0 Å². The molecule has 0 amide bonds. The fraction of sp³-hybridized carbons (Fsp3) is 0.500. The van der Waals surface area contributed by atoms with Crippen LogP contribution in [-0.2, 0) is 6.54 Å². The van der Waals surface area contributed by atoms with Crippen LogP contribution in [0.2, 0.25) is 0 Å². The summed E-state index contributed by atoms with van der Waals surface area (Å²) in [5.74, 6) is 0.982. The van der Waals surface area contributed by atoms with Gasteiger partial charge in [0.2, 0.25) is 0 Å². The van der Waals surface area contributed by atoms with E-state index in [0.29, 0.717) is 6.54 Å². The van der Waals surface area contributed by atoms with Crippen molar-refractivity contribution < 1.29 is 4.74 Å². The van der Waals surface area contributed by atoms with Gasteiger partial charge in [-0.15, -0.1) is 0 Å². The third-order valence-corrected chi connectivity index (χ3v) is 2.23. The summed E-state index contributed by atoms with van der Waals surface area (Å²) in [5.41, 5.74) is 7.88. The van der Waals surface area contributed by atoms with Crippen molar-refractivity contribution in [2.24, 2.45) is 5.73 Å². The highest BCUT2D eigenvalue weighted by molar-refractivity contribution is 5.36. The molecule has 14 heavy (non-hydrogen) atoms. The second kappa shape index (κ2) is 5.66. The summed E-state index contributed by atoms with van der Waals surface area (Å²) < 4.78 is 5.64. The predicted octanol–water partition coefficient (Wildman–Crippen LogP) is 2.63. The predicted molar refractivity (Wildman–Crippen MR) is 59.5 cm³/mol. The Labute approximate surface area is 86.1 Å². The number of nitrogens with two attached hydrogens (primary N) is 1. The standard InChI is InChI=1S/C12H19NO/c1-3-4-7-14-12-6-5-11(9-13)8-10(12)2/h5-6,8H,3-4,7,9,13H2,1-2H3. The van der Waals surface area contributed by atoms with Crippen molar-refractivity contribution in [1.29, 1.82) is 0 Å². The first-order valence-corrected chi connectivity index (χ1v) is 5.20. The molecule has 0 radical (unpaired) electrons. The van der Waals surface area contributed by atoms with Gasteiger partial charge in [-0.1, -0.05) is 25.5 Å². The Balaban J connectivity index is 2.59. The van der Waals surface area contributed by atoms with Crippen LogP contribution in [0.15, 0.2) is 18.2 Å². The first-order valence-electron chi connectivity index (χ1n) is 5.20. The van der Waals surface area contributed by atoms with Crippen molar-refractivity contribution in [3.8, 4) is 5.75 Å². The second-order valence-electron chi connectivity index (χ2n) is 3.51. The molecule has 78 valence electrons. The van der Waals surface area contributed by atoms with Gasteiger partial charge in [0.1, 0.15) is 5.75 Å². The van der Waals surface area contributed by atoms with Gasteiger partial charge in [0.15, 0.2) is 0 Å². The molecule has 1 rings (SSSR count). The number of hydrogen-bond donors (Lipinski definition) is 1. The Morgan fingerprint density at radius 1 is 1.36 bits per heavy atom. The van der Waals surface area contributed by atoms with Crippen molar-refractivity contribution in [1.82, 2.24) is 0 Å². The average Bonchev–Trinajstić information content (AvgIpc) is 2.20. The molecule has 0 heterocycles.